The van der Waals surface area contributed by atoms with Gasteiger partial charge in [0, 0.05) is 37.3 Å². The van der Waals surface area contributed by atoms with Gasteiger partial charge in [0.05, 0.1) is 29.3 Å². The van der Waals surface area contributed by atoms with E-state index >= 15 is 0 Å². The molecule has 1 saturated carbocycles. The van der Waals surface area contributed by atoms with Crippen LogP contribution in [0.3, 0.4) is 0 Å². The van der Waals surface area contributed by atoms with Crippen molar-refractivity contribution in [1.82, 2.24) is 19.2 Å². The third-order valence-electron chi connectivity index (χ3n) is 8.41. The smallest absolute Gasteiger partial charge is 0.254 e. The van der Waals surface area contributed by atoms with Gasteiger partial charge in [-0.25, -0.2) is 9.37 Å². The van der Waals surface area contributed by atoms with E-state index in [1.807, 2.05) is 31.4 Å². The van der Waals surface area contributed by atoms with Crippen LogP contribution in [0.2, 0.25) is 0 Å². The van der Waals surface area contributed by atoms with E-state index in [1.54, 1.807) is 17.3 Å². The van der Waals surface area contributed by atoms with Crippen molar-refractivity contribution in [3.05, 3.63) is 59.8 Å². The molecule has 3 aromatic rings. The monoisotopic (exact) mass is 505 g/mol. The molecule has 2 fully saturated rings. The van der Waals surface area contributed by atoms with Crippen molar-refractivity contribution in [3.63, 3.8) is 0 Å². The van der Waals surface area contributed by atoms with Crippen molar-refractivity contribution < 1.29 is 9.18 Å². The second-order valence-electron chi connectivity index (χ2n) is 11.3. The van der Waals surface area contributed by atoms with E-state index < -0.39 is 5.82 Å². The molecule has 0 radical (unpaired) electrons. The van der Waals surface area contributed by atoms with Gasteiger partial charge in [-0.1, -0.05) is 0 Å². The van der Waals surface area contributed by atoms with Crippen molar-refractivity contribution in [2.45, 2.75) is 70.9 Å². The van der Waals surface area contributed by atoms with Gasteiger partial charge in [0.15, 0.2) is 0 Å². The first-order valence-corrected chi connectivity index (χ1v) is 13.9. The summed E-state index contributed by atoms with van der Waals surface area (Å²) in [5.74, 6) is 0.624. The molecule has 1 saturated heterocycles. The zero-order valence-corrected chi connectivity index (χ0v) is 22.4. The third kappa shape index (κ3) is 5.43. The molecule has 2 N–H and O–H groups in total. The lowest BCUT2D eigenvalue weighted by Crippen LogP contribution is -2.37. The molecule has 6 nitrogen and oxygen atoms in total. The number of aromatic nitrogens is 2. The fourth-order valence-corrected chi connectivity index (χ4v) is 6.32. The molecule has 1 atom stereocenters. The second kappa shape index (κ2) is 10.9. The van der Waals surface area contributed by atoms with E-state index in [1.165, 1.54) is 30.5 Å². The molecule has 198 valence electrons. The van der Waals surface area contributed by atoms with Crippen molar-refractivity contribution in [3.8, 4) is 11.3 Å². The van der Waals surface area contributed by atoms with Crippen LogP contribution in [0, 0.1) is 11.7 Å². The summed E-state index contributed by atoms with van der Waals surface area (Å²) >= 11 is 0. The molecule has 0 unspecified atom stereocenters. The number of likely N-dealkylation sites (tertiary alicyclic amines) is 1. The molecule has 0 spiro atoms. The molecule has 2 aliphatic rings. The highest BCUT2D eigenvalue weighted by atomic mass is 19.1. The predicted molar refractivity (Wildman–Crippen MR) is 146 cm³/mol. The van der Waals surface area contributed by atoms with E-state index in [0.717, 1.165) is 61.6 Å². The maximum atomic E-state index is 14.4. The van der Waals surface area contributed by atoms with Gasteiger partial charge >= 0.3 is 0 Å². The van der Waals surface area contributed by atoms with E-state index in [0.29, 0.717) is 24.1 Å². The molecule has 1 aliphatic heterocycles. The van der Waals surface area contributed by atoms with E-state index in [4.69, 9.17) is 5.73 Å². The number of hydrogen-bond donors (Lipinski definition) is 1. The minimum Gasteiger partial charge on any atom is -0.336 e. The predicted octanol–water partition coefficient (Wildman–Crippen LogP) is 5.32. The number of nitrogens with two attached hydrogens (primary N) is 1. The van der Waals surface area contributed by atoms with Crippen LogP contribution in [-0.4, -0.2) is 63.4 Å². The summed E-state index contributed by atoms with van der Waals surface area (Å²) in [5, 5.41) is 0. The van der Waals surface area contributed by atoms with Crippen LogP contribution in [0.5, 0.6) is 0 Å². The Bertz CT molecular complexity index is 1250. The molecule has 1 aromatic carbocycles. The maximum absolute atomic E-state index is 14.4. The highest BCUT2D eigenvalue weighted by molar-refractivity contribution is 6.01. The molecular weight excluding hydrogens is 465 g/mol. The normalized spacial score (nSPS) is 22.7. The molecule has 7 heteroatoms. The lowest BCUT2D eigenvalue weighted by Gasteiger charge is -2.29. The Hall–Kier alpha value is -2.77. The van der Waals surface area contributed by atoms with Gasteiger partial charge < -0.3 is 15.5 Å². The van der Waals surface area contributed by atoms with Crippen molar-refractivity contribution in [2.75, 3.05) is 26.2 Å². The SMILES string of the molecule is CCN(C(=O)c1cc(F)ccc1-c1cc([C@H]2CCN(CC3CCC(N)CC3)C2)cc2cncn12)C(C)C. The first-order chi connectivity index (χ1) is 17.8. The van der Waals surface area contributed by atoms with E-state index in [-0.39, 0.29) is 11.9 Å². The molecule has 2 aromatic heterocycles. The number of hydrogen-bond acceptors (Lipinski definition) is 4. The van der Waals surface area contributed by atoms with Gasteiger partial charge in [0.1, 0.15) is 5.82 Å². The minimum absolute atomic E-state index is 0.0255. The van der Waals surface area contributed by atoms with Crippen LogP contribution in [0.1, 0.15) is 74.7 Å². The number of pyridine rings is 1. The van der Waals surface area contributed by atoms with E-state index in [9.17, 15) is 9.18 Å². The lowest BCUT2D eigenvalue weighted by molar-refractivity contribution is 0.0717. The Morgan fingerprint density at radius 1 is 1.16 bits per heavy atom. The number of nitrogens with zero attached hydrogens (tertiary/aromatic N) is 4. The van der Waals surface area contributed by atoms with Crippen LogP contribution in [0.15, 0.2) is 42.9 Å². The number of halogens is 1. The number of rotatable bonds is 7. The quantitative estimate of drug-likeness (QED) is 0.472. The Morgan fingerprint density at radius 3 is 2.68 bits per heavy atom. The van der Waals surface area contributed by atoms with Crippen LogP contribution in [0.25, 0.3) is 16.8 Å². The summed E-state index contributed by atoms with van der Waals surface area (Å²) in [6, 6.07) is 9.39. The highest BCUT2D eigenvalue weighted by Crippen LogP contribution is 2.35. The summed E-state index contributed by atoms with van der Waals surface area (Å²) in [6.07, 6.45) is 9.52. The number of carbonyl (C=O) groups excluding carboxylic acids is 1. The van der Waals surface area contributed by atoms with Crippen LogP contribution in [0.4, 0.5) is 4.39 Å². The number of imidazole rings is 1. The van der Waals surface area contributed by atoms with E-state index in [2.05, 4.69) is 22.0 Å². The van der Waals surface area contributed by atoms with Crippen LogP contribution < -0.4 is 5.73 Å². The Labute approximate surface area is 219 Å². The Morgan fingerprint density at radius 2 is 1.95 bits per heavy atom. The molecular formula is C30H40FN5O. The number of fused-ring (bicyclic) bond motifs is 1. The van der Waals surface area contributed by atoms with Crippen molar-refractivity contribution >= 4 is 11.4 Å². The summed E-state index contributed by atoms with van der Waals surface area (Å²) < 4.78 is 16.4. The Kier molecular flexibility index (Phi) is 7.63. The zero-order valence-electron chi connectivity index (χ0n) is 22.4. The molecule has 3 heterocycles. The van der Waals surface area contributed by atoms with Gasteiger partial charge in [-0.05, 0) is 107 Å². The summed E-state index contributed by atoms with van der Waals surface area (Å²) in [4.78, 5) is 22.3. The standard InChI is InChI=1S/C30H40FN5O/c1-4-35(20(2)3)30(37)28-15-24(31)7-10-27(28)29-14-23(13-26-16-33-19-36(26)29)22-11-12-34(18-22)17-21-5-8-25(32)9-6-21/h7,10,13-16,19-22,25H,4-6,8-9,11-12,17-18,32H2,1-3H3/t21?,22-,25?/m0/s1. The maximum Gasteiger partial charge on any atom is 0.254 e. The molecule has 1 amide bonds. The summed E-state index contributed by atoms with van der Waals surface area (Å²) in [5.41, 5.74) is 10.4. The molecule has 5 rings (SSSR count). The number of amides is 1. The lowest BCUT2D eigenvalue weighted by atomic mass is 9.86. The van der Waals surface area contributed by atoms with Gasteiger partial charge in [0.2, 0.25) is 0 Å². The van der Waals surface area contributed by atoms with Crippen molar-refractivity contribution in [2.24, 2.45) is 11.7 Å². The first kappa shape index (κ1) is 25.9. The van der Waals surface area contributed by atoms with Gasteiger partial charge in [-0.15, -0.1) is 0 Å². The molecule has 1 aliphatic carbocycles. The van der Waals surface area contributed by atoms with Crippen LogP contribution in [-0.2, 0) is 0 Å². The summed E-state index contributed by atoms with van der Waals surface area (Å²) in [6.45, 7) is 9.80. The average Bonchev–Trinajstić information content (AvgIpc) is 3.55. The second-order valence-corrected chi connectivity index (χ2v) is 11.3. The van der Waals surface area contributed by atoms with Crippen LogP contribution >= 0.6 is 0 Å². The van der Waals surface area contributed by atoms with Crippen molar-refractivity contribution in [1.29, 1.82) is 0 Å². The van der Waals surface area contributed by atoms with Gasteiger partial charge in [0.25, 0.3) is 5.91 Å². The number of benzene rings is 1. The van der Waals surface area contributed by atoms with Gasteiger partial charge in [-0.2, -0.15) is 0 Å². The van der Waals surface area contributed by atoms with Gasteiger partial charge in [-0.3, -0.25) is 9.20 Å². The topological polar surface area (TPSA) is 66.9 Å². The fourth-order valence-electron chi connectivity index (χ4n) is 6.32. The first-order valence-electron chi connectivity index (χ1n) is 13.9. The third-order valence-corrected chi connectivity index (χ3v) is 8.41. The molecule has 0 bridgehead atoms. The average molecular weight is 506 g/mol. The fraction of sp³-hybridized carbons (Fsp3) is 0.533. The molecule has 37 heavy (non-hydrogen) atoms. The highest BCUT2D eigenvalue weighted by Gasteiger charge is 2.29. The summed E-state index contributed by atoms with van der Waals surface area (Å²) in [7, 11) is 0. The number of carbonyl (C=O) groups is 1. The zero-order chi connectivity index (χ0) is 26.1. The largest absolute Gasteiger partial charge is 0.336 e. The Balaban J connectivity index is 1.46. The minimum atomic E-state index is -0.403.